The van der Waals surface area contributed by atoms with Gasteiger partial charge in [-0.3, -0.25) is 9.89 Å². The Kier molecular flexibility index (Phi) is 4.15. The molecule has 0 spiro atoms. The SMILES string of the molecule is CNC(=O)Nc1ccc(NC(=O)c2n[nH]c3ccc(C)cc23)cc1. The van der Waals surface area contributed by atoms with Gasteiger partial charge in [-0.05, 0) is 43.3 Å². The van der Waals surface area contributed by atoms with Gasteiger partial charge in [-0.15, -0.1) is 0 Å². The number of aromatic amines is 1. The summed E-state index contributed by atoms with van der Waals surface area (Å²) in [4.78, 5) is 23.7. The van der Waals surface area contributed by atoms with Crippen molar-refractivity contribution in [2.24, 2.45) is 0 Å². The molecule has 0 aliphatic rings. The average molecular weight is 323 g/mol. The van der Waals surface area contributed by atoms with Crippen molar-refractivity contribution < 1.29 is 9.59 Å². The maximum atomic E-state index is 12.4. The third kappa shape index (κ3) is 3.19. The van der Waals surface area contributed by atoms with Crippen molar-refractivity contribution in [1.29, 1.82) is 0 Å². The first-order valence-corrected chi connectivity index (χ1v) is 7.41. The Labute approximate surface area is 138 Å². The molecule has 3 amide bonds. The Morgan fingerprint density at radius 1 is 1.00 bits per heavy atom. The van der Waals surface area contributed by atoms with Crippen molar-refractivity contribution in [2.75, 3.05) is 17.7 Å². The molecule has 3 aromatic rings. The average Bonchev–Trinajstić information content (AvgIpc) is 2.99. The van der Waals surface area contributed by atoms with E-state index in [2.05, 4.69) is 26.1 Å². The van der Waals surface area contributed by atoms with E-state index in [0.29, 0.717) is 17.1 Å². The van der Waals surface area contributed by atoms with E-state index in [9.17, 15) is 9.59 Å². The van der Waals surface area contributed by atoms with Gasteiger partial charge in [0, 0.05) is 23.8 Å². The normalized spacial score (nSPS) is 10.4. The minimum Gasteiger partial charge on any atom is -0.341 e. The second-order valence-corrected chi connectivity index (χ2v) is 5.36. The van der Waals surface area contributed by atoms with Crippen molar-refractivity contribution in [3.8, 4) is 0 Å². The predicted octanol–water partition coefficient (Wildman–Crippen LogP) is 2.87. The molecule has 7 heteroatoms. The van der Waals surface area contributed by atoms with Crippen LogP contribution in [0.25, 0.3) is 10.9 Å². The van der Waals surface area contributed by atoms with Crippen LogP contribution in [0.2, 0.25) is 0 Å². The van der Waals surface area contributed by atoms with Crippen LogP contribution in [0.4, 0.5) is 16.2 Å². The Bertz CT molecular complexity index is 899. The highest BCUT2D eigenvalue weighted by atomic mass is 16.2. The van der Waals surface area contributed by atoms with E-state index >= 15 is 0 Å². The number of aryl methyl sites for hydroxylation is 1. The van der Waals surface area contributed by atoms with E-state index in [4.69, 9.17) is 0 Å². The summed E-state index contributed by atoms with van der Waals surface area (Å²) in [6, 6.07) is 12.3. The van der Waals surface area contributed by atoms with Crippen LogP contribution in [0.5, 0.6) is 0 Å². The lowest BCUT2D eigenvalue weighted by atomic mass is 10.1. The summed E-state index contributed by atoms with van der Waals surface area (Å²) < 4.78 is 0. The number of H-pyrrole nitrogens is 1. The molecule has 0 fully saturated rings. The smallest absolute Gasteiger partial charge is 0.318 e. The van der Waals surface area contributed by atoms with Crippen molar-refractivity contribution in [3.05, 3.63) is 53.7 Å². The highest BCUT2D eigenvalue weighted by molar-refractivity contribution is 6.11. The summed E-state index contributed by atoms with van der Waals surface area (Å²) in [5.74, 6) is -0.293. The van der Waals surface area contributed by atoms with E-state index in [1.54, 1.807) is 31.3 Å². The number of carbonyl (C=O) groups excluding carboxylic acids is 2. The van der Waals surface area contributed by atoms with E-state index in [1.807, 2.05) is 25.1 Å². The van der Waals surface area contributed by atoms with Gasteiger partial charge in [-0.25, -0.2) is 4.79 Å². The number of urea groups is 1. The van der Waals surface area contributed by atoms with E-state index in [0.717, 1.165) is 16.5 Å². The number of benzene rings is 2. The van der Waals surface area contributed by atoms with Gasteiger partial charge in [0.05, 0.1) is 5.52 Å². The summed E-state index contributed by atoms with van der Waals surface area (Å²) in [6.45, 7) is 1.96. The standard InChI is InChI=1S/C17H17N5O2/c1-10-3-8-14-13(9-10)15(22-21-14)16(23)19-11-4-6-12(7-5-11)20-17(24)18-2/h3-9H,1-2H3,(H,19,23)(H,21,22)(H2,18,20,24). The van der Waals surface area contributed by atoms with Gasteiger partial charge in [-0.1, -0.05) is 11.6 Å². The van der Waals surface area contributed by atoms with Gasteiger partial charge in [0.25, 0.3) is 5.91 Å². The number of nitrogens with zero attached hydrogens (tertiary/aromatic N) is 1. The van der Waals surface area contributed by atoms with Crippen molar-refractivity contribution in [2.45, 2.75) is 6.92 Å². The highest BCUT2D eigenvalue weighted by Gasteiger charge is 2.14. The third-order valence-corrected chi connectivity index (χ3v) is 3.56. The van der Waals surface area contributed by atoms with Crippen molar-refractivity contribution in [1.82, 2.24) is 15.5 Å². The molecule has 7 nitrogen and oxygen atoms in total. The molecule has 0 aliphatic heterocycles. The number of hydrogen-bond acceptors (Lipinski definition) is 3. The number of fused-ring (bicyclic) bond motifs is 1. The number of aromatic nitrogens is 2. The van der Waals surface area contributed by atoms with Gasteiger partial charge in [-0.2, -0.15) is 5.10 Å². The highest BCUT2D eigenvalue weighted by Crippen LogP contribution is 2.19. The number of anilines is 2. The first-order valence-electron chi connectivity index (χ1n) is 7.41. The van der Waals surface area contributed by atoms with Crippen LogP contribution in [0.1, 0.15) is 16.1 Å². The molecule has 1 heterocycles. The molecule has 1 aromatic heterocycles. The maximum Gasteiger partial charge on any atom is 0.318 e. The summed E-state index contributed by atoms with van der Waals surface area (Å²) >= 11 is 0. The van der Waals surface area contributed by atoms with Gasteiger partial charge < -0.3 is 16.0 Å². The Balaban J connectivity index is 1.76. The molecule has 0 bridgehead atoms. The lowest BCUT2D eigenvalue weighted by Crippen LogP contribution is -2.24. The minimum atomic E-state index is -0.301. The van der Waals surface area contributed by atoms with Gasteiger partial charge in [0.2, 0.25) is 0 Å². The van der Waals surface area contributed by atoms with E-state index in [1.165, 1.54) is 0 Å². The van der Waals surface area contributed by atoms with Crippen LogP contribution in [-0.4, -0.2) is 29.2 Å². The molecular formula is C17H17N5O2. The minimum absolute atomic E-state index is 0.293. The molecule has 0 aliphatic carbocycles. The summed E-state index contributed by atoms with van der Waals surface area (Å²) in [7, 11) is 1.54. The fourth-order valence-electron chi connectivity index (χ4n) is 2.32. The fraction of sp³-hybridized carbons (Fsp3) is 0.118. The Morgan fingerprint density at radius 2 is 1.67 bits per heavy atom. The topological polar surface area (TPSA) is 98.9 Å². The molecule has 2 aromatic carbocycles. The number of hydrogen-bond donors (Lipinski definition) is 4. The van der Waals surface area contributed by atoms with E-state index in [-0.39, 0.29) is 11.9 Å². The predicted molar refractivity (Wildman–Crippen MR) is 93.3 cm³/mol. The first-order chi connectivity index (χ1) is 11.6. The maximum absolute atomic E-state index is 12.4. The quantitative estimate of drug-likeness (QED) is 0.596. The number of amides is 3. The number of rotatable bonds is 3. The zero-order chi connectivity index (χ0) is 17.1. The summed E-state index contributed by atoms with van der Waals surface area (Å²) in [5, 5.41) is 15.7. The van der Waals surface area contributed by atoms with Gasteiger partial charge >= 0.3 is 6.03 Å². The number of carbonyl (C=O) groups is 2. The molecule has 0 unspecified atom stereocenters. The van der Waals surface area contributed by atoms with Crippen molar-refractivity contribution >= 4 is 34.2 Å². The van der Waals surface area contributed by atoms with Crippen LogP contribution >= 0.6 is 0 Å². The molecule has 0 atom stereocenters. The van der Waals surface area contributed by atoms with Gasteiger partial charge in [0.1, 0.15) is 0 Å². The van der Waals surface area contributed by atoms with Crippen LogP contribution < -0.4 is 16.0 Å². The Hall–Kier alpha value is -3.35. The largest absolute Gasteiger partial charge is 0.341 e. The second kappa shape index (κ2) is 6.41. The summed E-state index contributed by atoms with van der Waals surface area (Å²) in [5.41, 5.74) is 3.47. The lowest BCUT2D eigenvalue weighted by molar-refractivity contribution is 0.102. The monoisotopic (exact) mass is 323 g/mol. The Morgan fingerprint density at radius 3 is 2.33 bits per heavy atom. The zero-order valence-electron chi connectivity index (χ0n) is 13.3. The molecule has 4 N–H and O–H groups in total. The van der Waals surface area contributed by atoms with Crippen LogP contribution in [0.3, 0.4) is 0 Å². The molecule has 24 heavy (non-hydrogen) atoms. The first kappa shape index (κ1) is 15.5. The zero-order valence-corrected chi connectivity index (χ0v) is 13.3. The molecule has 0 radical (unpaired) electrons. The molecule has 3 rings (SSSR count). The molecule has 122 valence electrons. The summed E-state index contributed by atoms with van der Waals surface area (Å²) in [6.07, 6.45) is 0. The molecule has 0 saturated heterocycles. The van der Waals surface area contributed by atoms with E-state index < -0.39 is 0 Å². The van der Waals surface area contributed by atoms with Crippen molar-refractivity contribution in [3.63, 3.8) is 0 Å². The molecule has 0 saturated carbocycles. The third-order valence-electron chi connectivity index (χ3n) is 3.56. The van der Waals surface area contributed by atoms with Gasteiger partial charge in [0.15, 0.2) is 5.69 Å². The lowest BCUT2D eigenvalue weighted by Gasteiger charge is -2.07. The van der Waals surface area contributed by atoms with Crippen LogP contribution in [-0.2, 0) is 0 Å². The number of nitrogens with one attached hydrogen (secondary N) is 4. The second-order valence-electron chi connectivity index (χ2n) is 5.36. The van der Waals surface area contributed by atoms with Crippen LogP contribution in [0.15, 0.2) is 42.5 Å². The fourth-order valence-corrected chi connectivity index (χ4v) is 2.32. The van der Waals surface area contributed by atoms with Crippen LogP contribution in [0, 0.1) is 6.92 Å². The molecular weight excluding hydrogens is 306 g/mol.